The molecule has 0 radical (unpaired) electrons. The van der Waals surface area contributed by atoms with Gasteiger partial charge in [0.15, 0.2) is 0 Å². The van der Waals surface area contributed by atoms with Gasteiger partial charge in [-0.05, 0) is 129 Å². The zero-order valence-corrected chi connectivity index (χ0v) is 35.4. The van der Waals surface area contributed by atoms with Gasteiger partial charge in [0.1, 0.15) is 5.45 Å². The van der Waals surface area contributed by atoms with Crippen LogP contribution in [0, 0.1) is 0 Å². The summed E-state index contributed by atoms with van der Waals surface area (Å²) in [7, 11) is -3.17. The minimum atomic E-state index is -3.17. The molecule has 0 aliphatic carbocycles. The van der Waals surface area contributed by atoms with E-state index in [9.17, 15) is 0 Å². The number of benzene rings is 4. The second-order valence-electron chi connectivity index (χ2n) is 15.9. The lowest BCUT2D eigenvalue weighted by atomic mass is 10.0. The number of imidazole rings is 1. The van der Waals surface area contributed by atoms with Crippen molar-refractivity contribution in [1.82, 2.24) is 39.5 Å². The lowest BCUT2D eigenvalue weighted by molar-refractivity contribution is 1.17. The highest BCUT2D eigenvalue weighted by Gasteiger charge is 2.52. The first-order valence-corrected chi connectivity index (χ1v) is 23.2. The molecule has 9 heteroatoms. The maximum Gasteiger partial charge on any atom is 0.226 e. The summed E-state index contributed by atoms with van der Waals surface area (Å²) < 4.78 is 2.41. The van der Waals surface area contributed by atoms with Crippen LogP contribution in [0.3, 0.4) is 0 Å². The van der Waals surface area contributed by atoms with E-state index in [2.05, 4.69) is 164 Å². The zero-order valence-electron chi connectivity index (χ0n) is 34.4. The van der Waals surface area contributed by atoms with Crippen LogP contribution < -0.4 is 21.0 Å². The van der Waals surface area contributed by atoms with Crippen molar-refractivity contribution < 1.29 is 0 Å². The van der Waals surface area contributed by atoms with Gasteiger partial charge in [0.05, 0.1) is 33.8 Å². The Balaban J connectivity index is 1.10. The van der Waals surface area contributed by atoms with Crippen LogP contribution in [0.2, 0.25) is 0 Å². The SMILES string of the molecule is c1cncc(-c2cc(-c3cccc([Si]4(c5cccc(-c6cc(-c7cccnc7)nc(-c7cccnc7)c6)c5)c5ccccc5-n5c4nc4ccccc45)c3)cc(-c3ccncc3)n2)c1. The summed E-state index contributed by atoms with van der Waals surface area (Å²) in [5.41, 5.74) is 15.8. The van der Waals surface area contributed by atoms with E-state index in [4.69, 9.17) is 15.0 Å². The largest absolute Gasteiger partial charge is 0.299 e. The molecule has 7 aromatic heterocycles. The third kappa shape index (κ3) is 6.25. The molecule has 1 atom stereocenters. The minimum Gasteiger partial charge on any atom is -0.299 e. The summed E-state index contributed by atoms with van der Waals surface area (Å²) in [4.78, 5) is 33.5. The van der Waals surface area contributed by atoms with Crippen LogP contribution in [0.25, 0.3) is 84.0 Å². The third-order valence-corrected chi connectivity index (χ3v) is 16.8. The van der Waals surface area contributed by atoms with Gasteiger partial charge in [-0.25, -0.2) is 15.0 Å². The van der Waals surface area contributed by atoms with Crippen molar-refractivity contribution in [3.8, 4) is 73.0 Å². The van der Waals surface area contributed by atoms with E-state index in [-0.39, 0.29) is 0 Å². The van der Waals surface area contributed by atoms with Gasteiger partial charge < -0.3 is 0 Å². The number of hydrogen-bond donors (Lipinski definition) is 0. The third-order valence-electron chi connectivity index (χ3n) is 12.2. The van der Waals surface area contributed by atoms with Crippen molar-refractivity contribution in [3.05, 3.63) is 219 Å². The summed E-state index contributed by atoms with van der Waals surface area (Å²) in [6.07, 6.45) is 14.6. The average Bonchev–Trinajstić information content (AvgIpc) is 3.91. The zero-order chi connectivity index (χ0) is 42.5. The number of pyridine rings is 6. The van der Waals surface area contributed by atoms with E-state index in [1.165, 1.54) is 15.6 Å². The molecule has 0 bridgehead atoms. The van der Waals surface area contributed by atoms with E-state index >= 15 is 0 Å². The van der Waals surface area contributed by atoms with Crippen molar-refractivity contribution in [2.45, 2.75) is 0 Å². The fraction of sp³-hybridized carbons (Fsp3) is 0. The second kappa shape index (κ2) is 15.4. The molecular weight excluding hydrogens is 801 g/mol. The number of nitrogens with zero attached hydrogens (tertiary/aromatic N) is 8. The first-order chi connectivity index (χ1) is 31.7. The predicted molar refractivity (Wildman–Crippen MR) is 258 cm³/mol. The van der Waals surface area contributed by atoms with Crippen LogP contribution in [0.15, 0.2) is 219 Å². The quantitative estimate of drug-likeness (QED) is 0.141. The van der Waals surface area contributed by atoms with Gasteiger partial charge >= 0.3 is 0 Å². The highest BCUT2D eigenvalue weighted by atomic mass is 28.3. The van der Waals surface area contributed by atoms with E-state index in [1.807, 2.05) is 61.3 Å². The number of rotatable bonds is 8. The van der Waals surface area contributed by atoms with Crippen LogP contribution in [0.1, 0.15) is 0 Å². The van der Waals surface area contributed by atoms with E-state index < -0.39 is 8.07 Å². The van der Waals surface area contributed by atoms with Gasteiger partial charge in [0.25, 0.3) is 0 Å². The van der Waals surface area contributed by atoms with E-state index in [0.29, 0.717) is 0 Å². The van der Waals surface area contributed by atoms with Crippen LogP contribution in [0.5, 0.6) is 0 Å². The Labute approximate surface area is 370 Å². The Hall–Kier alpha value is -8.53. The predicted octanol–water partition coefficient (Wildman–Crippen LogP) is 9.09. The van der Waals surface area contributed by atoms with Crippen LogP contribution in [-0.4, -0.2) is 47.5 Å². The van der Waals surface area contributed by atoms with Gasteiger partial charge in [0.2, 0.25) is 8.07 Å². The molecular formula is C55H36N8Si. The molecule has 0 N–H and O–H groups in total. The molecule has 1 aliphatic rings. The molecule has 64 heavy (non-hydrogen) atoms. The standard InChI is InChI=1S/C55H36N8Si/c1-2-18-52-47(17-1)62-55-63(52)53-19-3-4-20-54(53)64(55,45-15-5-10-38(28-45)43-30-48(37-21-26-56-27-22-37)60-49(31-43)40-12-7-23-57-34-40)46-16-6-11-39(29-46)44-32-50(41-13-8-24-58-35-41)61-51(33-44)42-14-9-25-59-36-42/h1-36H. The lowest BCUT2D eigenvalue weighted by Gasteiger charge is -2.29. The number of hydrogen-bond acceptors (Lipinski definition) is 7. The lowest BCUT2D eigenvalue weighted by Crippen LogP contribution is -2.73. The monoisotopic (exact) mass is 836 g/mol. The molecule has 300 valence electrons. The van der Waals surface area contributed by atoms with Crippen LogP contribution >= 0.6 is 0 Å². The maximum atomic E-state index is 5.61. The maximum absolute atomic E-state index is 5.61. The Bertz CT molecular complexity index is 3220. The first-order valence-electron chi connectivity index (χ1n) is 21.2. The minimum absolute atomic E-state index is 0.844. The van der Waals surface area contributed by atoms with Crippen molar-refractivity contribution in [1.29, 1.82) is 0 Å². The van der Waals surface area contributed by atoms with Gasteiger partial charge in [-0.1, -0.05) is 78.9 Å². The van der Waals surface area contributed by atoms with Gasteiger partial charge in [-0.2, -0.15) is 0 Å². The highest BCUT2D eigenvalue weighted by Crippen LogP contribution is 2.34. The molecule has 4 aromatic carbocycles. The van der Waals surface area contributed by atoms with E-state index in [1.54, 1.807) is 18.6 Å². The Morgan fingerprint density at radius 2 is 0.844 bits per heavy atom. The smallest absolute Gasteiger partial charge is 0.226 e. The topological polar surface area (TPSA) is 95.2 Å². The highest BCUT2D eigenvalue weighted by molar-refractivity contribution is 7.20. The van der Waals surface area contributed by atoms with Crippen molar-refractivity contribution in [3.63, 3.8) is 0 Å². The summed E-state index contributed by atoms with van der Waals surface area (Å²) in [5.74, 6) is 0. The molecule has 1 aliphatic heterocycles. The molecule has 0 fully saturated rings. The van der Waals surface area contributed by atoms with Crippen molar-refractivity contribution in [2.75, 3.05) is 0 Å². The Morgan fingerprint density at radius 1 is 0.344 bits per heavy atom. The molecule has 0 spiro atoms. The van der Waals surface area contributed by atoms with Gasteiger partial charge in [-0.3, -0.25) is 24.5 Å². The molecule has 1 unspecified atom stereocenters. The Kier molecular flexibility index (Phi) is 8.98. The summed E-state index contributed by atoms with van der Waals surface area (Å²) in [6.45, 7) is 0. The summed E-state index contributed by atoms with van der Waals surface area (Å²) >= 11 is 0. The normalized spacial score (nSPS) is 14.0. The fourth-order valence-corrected chi connectivity index (χ4v) is 14.2. The Morgan fingerprint density at radius 3 is 1.39 bits per heavy atom. The molecule has 8 nitrogen and oxygen atoms in total. The van der Waals surface area contributed by atoms with Crippen LogP contribution in [-0.2, 0) is 0 Å². The summed E-state index contributed by atoms with van der Waals surface area (Å²) in [5, 5.41) is 3.76. The molecule has 0 saturated carbocycles. The van der Waals surface area contributed by atoms with E-state index in [0.717, 1.165) is 89.5 Å². The number of fused-ring (bicyclic) bond motifs is 5. The fourth-order valence-electron chi connectivity index (χ4n) is 9.28. The van der Waals surface area contributed by atoms with Gasteiger partial charge in [-0.15, -0.1) is 0 Å². The molecule has 12 rings (SSSR count). The van der Waals surface area contributed by atoms with Crippen molar-refractivity contribution in [2.24, 2.45) is 0 Å². The van der Waals surface area contributed by atoms with Crippen molar-refractivity contribution >= 4 is 40.1 Å². The number of para-hydroxylation sites is 3. The van der Waals surface area contributed by atoms with Gasteiger partial charge in [0, 0.05) is 77.5 Å². The van der Waals surface area contributed by atoms with Crippen LogP contribution in [0.4, 0.5) is 0 Å². The average molecular weight is 837 g/mol. The molecule has 8 heterocycles. The number of aromatic nitrogens is 8. The summed E-state index contributed by atoms with van der Waals surface area (Å²) in [6, 6.07) is 60.4. The first kappa shape index (κ1) is 37.2. The molecule has 11 aromatic rings. The second-order valence-corrected chi connectivity index (χ2v) is 19.5. The molecule has 0 saturated heterocycles. The molecule has 0 amide bonds.